The second-order valence-corrected chi connectivity index (χ2v) is 5.41. The first-order valence-electron chi connectivity index (χ1n) is 6.28. The molecule has 80 valence electrons. The van der Waals surface area contributed by atoms with Gasteiger partial charge in [-0.1, -0.05) is 6.42 Å². The zero-order valence-corrected chi connectivity index (χ0v) is 8.86. The highest BCUT2D eigenvalue weighted by molar-refractivity contribution is 5.02. The van der Waals surface area contributed by atoms with Crippen LogP contribution in [0, 0.1) is 11.8 Å². The third-order valence-corrected chi connectivity index (χ3v) is 4.64. The Morgan fingerprint density at radius 1 is 0.929 bits per heavy atom. The molecule has 4 atom stereocenters. The number of piperidine rings is 1. The molecule has 2 saturated carbocycles. The molecule has 0 amide bonds. The normalized spacial score (nSPS) is 48.6. The van der Waals surface area contributed by atoms with Crippen LogP contribution in [0.5, 0.6) is 0 Å². The predicted octanol–water partition coefficient (Wildman–Crippen LogP) is 1.63. The molecule has 14 heavy (non-hydrogen) atoms. The Bertz CT molecular complexity index is 210. The summed E-state index contributed by atoms with van der Waals surface area (Å²) in [6.45, 7) is 2.48. The molecule has 3 rings (SSSR count). The highest BCUT2D eigenvalue weighted by Gasteiger charge is 2.49. The maximum Gasteiger partial charge on any atom is 0.0726 e. The van der Waals surface area contributed by atoms with Gasteiger partial charge in [0.1, 0.15) is 0 Å². The minimum atomic E-state index is 0.00634. The highest BCUT2D eigenvalue weighted by Crippen LogP contribution is 2.47. The number of hydrogen-bond acceptors (Lipinski definition) is 2. The zero-order valence-electron chi connectivity index (χ0n) is 8.86. The summed E-state index contributed by atoms with van der Waals surface area (Å²) in [6.07, 6.45) is 8.07. The van der Waals surface area contributed by atoms with Gasteiger partial charge >= 0.3 is 0 Å². The first-order valence-corrected chi connectivity index (χ1v) is 6.28. The van der Waals surface area contributed by atoms with E-state index in [4.69, 9.17) is 0 Å². The largest absolute Gasteiger partial charge is 0.391 e. The van der Waals surface area contributed by atoms with Crippen molar-refractivity contribution in [2.24, 2.45) is 11.8 Å². The van der Waals surface area contributed by atoms with Gasteiger partial charge in [-0.05, 0) is 57.0 Å². The second kappa shape index (κ2) is 3.49. The molecular weight excluding hydrogens is 174 g/mol. The molecule has 0 aromatic heterocycles. The van der Waals surface area contributed by atoms with Gasteiger partial charge in [0.2, 0.25) is 0 Å². The molecule has 2 aliphatic carbocycles. The summed E-state index contributed by atoms with van der Waals surface area (Å²) >= 11 is 0. The van der Waals surface area contributed by atoms with Crippen molar-refractivity contribution in [2.75, 3.05) is 13.1 Å². The van der Waals surface area contributed by atoms with Crippen molar-refractivity contribution in [3.8, 4) is 0 Å². The van der Waals surface area contributed by atoms with Crippen molar-refractivity contribution >= 4 is 0 Å². The molecule has 1 heterocycles. The van der Waals surface area contributed by atoms with Gasteiger partial charge in [0.25, 0.3) is 0 Å². The molecule has 0 spiro atoms. The average Bonchev–Trinajstić information content (AvgIpc) is 2.79. The van der Waals surface area contributed by atoms with E-state index in [0.29, 0.717) is 12.0 Å². The Morgan fingerprint density at radius 2 is 1.64 bits per heavy atom. The molecule has 3 fully saturated rings. The summed E-state index contributed by atoms with van der Waals surface area (Å²) in [5.74, 6) is 1.47. The fourth-order valence-corrected chi connectivity index (χ4v) is 3.96. The fraction of sp³-hybridized carbons (Fsp3) is 1.00. The first kappa shape index (κ1) is 9.17. The van der Waals surface area contributed by atoms with Crippen LogP contribution < -0.4 is 0 Å². The van der Waals surface area contributed by atoms with Gasteiger partial charge in [-0.3, -0.25) is 4.90 Å². The molecule has 0 aromatic rings. The molecule has 0 radical (unpaired) electrons. The van der Waals surface area contributed by atoms with Gasteiger partial charge < -0.3 is 5.11 Å². The van der Waals surface area contributed by atoms with Gasteiger partial charge in [-0.15, -0.1) is 0 Å². The number of hydrogen-bond donors (Lipinski definition) is 1. The lowest BCUT2D eigenvalue weighted by atomic mass is 9.90. The third kappa shape index (κ3) is 1.31. The van der Waals surface area contributed by atoms with Crippen LogP contribution in [-0.2, 0) is 0 Å². The molecule has 1 saturated heterocycles. The minimum absolute atomic E-state index is 0.00634. The number of rotatable bonds is 1. The summed E-state index contributed by atoms with van der Waals surface area (Å²) < 4.78 is 0. The number of aliphatic hydroxyl groups excluding tert-OH is 1. The molecule has 3 aliphatic rings. The van der Waals surface area contributed by atoms with Crippen LogP contribution in [0.15, 0.2) is 0 Å². The van der Waals surface area contributed by atoms with Gasteiger partial charge in [0, 0.05) is 6.04 Å². The first-order chi connectivity index (χ1) is 6.86. The maximum absolute atomic E-state index is 10.2. The molecule has 2 bridgehead atoms. The Morgan fingerprint density at radius 3 is 2.29 bits per heavy atom. The second-order valence-electron chi connectivity index (χ2n) is 5.41. The topological polar surface area (TPSA) is 23.5 Å². The van der Waals surface area contributed by atoms with Crippen LogP contribution >= 0.6 is 0 Å². The van der Waals surface area contributed by atoms with E-state index in [2.05, 4.69) is 4.90 Å². The number of likely N-dealkylation sites (tertiary alicyclic amines) is 1. The summed E-state index contributed by atoms with van der Waals surface area (Å²) in [5.41, 5.74) is 0. The monoisotopic (exact) mass is 195 g/mol. The fourth-order valence-electron chi connectivity index (χ4n) is 3.96. The average molecular weight is 195 g/mol. The van der Waals surface area contributed by atoms with E-state index in [0.717, 1.165) is 5.92 Å². The van der Waals surface area contributed by atoms with Crippen molar-refractivity contribution < 1.29 is 5.11 Å². The summed E-state index contributed by atoms with van der Waals surface area (Å²) in [4.78, 5) is 2.58. The van der Waals surface area contributed by atoms with E-state index >= 15 is 0 Å². The van der Waals surface area contributed by atoms with Crippen molar-refractivity contribution in [1.82, 2.24) is 4.90 Å². The summed E-state index contributed by atoms with van der Waals surface area (Å²) in [6, 6.07) is 0.536. The van der Waals surface area contributed by atoms with E-state index in [-0.39, 0.29) is 6.10 Å². The number of nitrogens with zero attached hydrogens (tertiary/aromatic N) is 1. The third-order valence-electron chi connectivity index (χ3n) is 4.64. The number of aliphatic hydroxyl groups is 1. The summed E-state index contributed by atoms with van der Waals surface area (Å²) in [7, 11) is 0. The molecule has 1 N–H and O–H groups in total. The van der Waals surface area contributed by atoms with Crippen LogP contribution in [0.3, 0.4) is 0 Å². The number of fused-ring (bicyclic) bond motifs is 2. The van der Waals surface area contributed by atoms with E-state index in [1.807, 2.05) is 0 Å². The zero-order chi connectivity index (χ0) is 9.54. The van der Waals surface area contributed by atoms with Crippen molar-refractivity contribution in [3.63, 3.8) is 0 Å². The Kier molecular flexibility index (Phi) is 2.29. The van der Waals surface area contributed by atoms with Gasteiger partial charge in [-0.2, -0.15) is 0 Å². The Labute approximate surface area is 86.3 Å². The van der Waals surface area contributed by atoms with Gasteiger partial charge in [0.05, 0.1) is 6.10 Å². The van der Waals surface area contributed by atoms with Crippen molar-refractivity contribution in [2.45, 2.75) is 50.7 Å². The highest BCUT2D eigenvalue weighted by atomic mass is 16.3. The van der Waals surface area contributed by atoms with E-state index < -0.39 is 0 Å². The lowest BCUT2D eigenvalue weighted by molar-refractivity contribution is 0.00439. The van der Waals surface area contributed by atoms with Crippen LogP contribution in [0.4, 0.5) is 0 Å². The SMILES string of the molecule is OC1C2CCC(C2)C1N1CCCCC1. The predicted molar refractivity (Wildman–Crippen MR) is 56.0 cm³/mol. The molecule has 0 aromatic carbocycles. The summed E-state index contributed by atoms with van der Waals surface area (Å²) in [5, 5.41) is 10.2. The Hall–Kier alpha value is -0.0800. The van der Waals surface area contributed by atoms with E-state index in [1.165, 1.54) is 51.6 Å². The standard InChI is InChI=1S/C12H21NO/c14-12-10-5-4-9(8-10)11(12)13-6-2-1-3-7-13/h9-12,14H,1-8H2. The molecular formula is C12H21NO. The quantitative estimate of drug-likeness (QED) is 0.687. The molecule has 2 nitrogen and oxygen atoms in total. The molecule has 4 unspecified atom stereocenters. The smallest absolute Gasteiger partial charge is 0.0726 e. The maximum atomic E-state index is 10.2. The molecule has 1 aliphatic heterocycles. The lowest BCUT2D eigenvalue weighted by Crippen LogP contribution is -2.49. The minimum Gasteiger partial charge on any atom is -0.391 e. The van der Waals surface area contributed by atoms with E-state index in [1.54, 1.807) is 0 Å². The van der Waals surface area contributed by atoms with Gasteiger partial charge in [0.15, 0.2) is 0 Å². The van der Waals surface area contributed by atoms with Crippen molar-refractivity contribution in [1.29, 1.82) is 0 Å². The van der Waals surface area contributed by atoms with Crippen LogP contribution in [0.2, 0.25) is 0 Å². The van der Waals surface area contributed by atoms with Gasteiger partial charge in [-0.25, -0.2) is 0 Å². The lowest BCUT2D eigenvalue weighted by Gasteiger charge is -2.39. The van der Waals surface area contributed by atoms with Crippen LogP contribution in [0.1, 0.15) is 38.5 Å². The Balaban J connectivity index is 1.71. The van der Waals surface area contributed by atoms with Crippen LogP contribution in [-0.4, -0.2) is 35.2 Å². The van der Waals surface area contributed by atoms with Crippen LogP contribution in [0.25, 0.3) is 0 Å². The van der Waals surface area contributed by atoms with Crippen molar-refractivity contribution in [3.05, 3.63) is 0 Å². The van der Waals surface area contributed by atoms with E-state index in [9.17, 15) is 5.11 Å². The molecule has 2 heteroatoms.